The first-order valence-electron chi connectivity index (χ1n) is 9.85. The molecular formula is C21H27N3O2S. The van der Waals surface area contributed by atoms with Crippen molar-refractivity contribution in [2.45, 2.75) is 31.8 Å². The van der Waals surface area contributed by atoms with Gasteiger partial charge < -0.3 is 9.64 Å². The molecule has 27 heavy (non-hydrogen) atoms. The van der Waals surface area contributed by atoms with Gasteiger partial charge in [0, 0.05) is 51.1 Å². The minimum atomic E-state index is 0.198. The highest BCUT2D eigenvalue weighted by Crippen LogP contribution is 2.17. The topological polar surface area (TPSA) is 45.7 Å². The van der Waals surface area contributed by atoms with Crippen LogP contribution in [0.1, 0.15) is 29.1 Å². The summed E-state index contributed by atoms with van der Waals surface area (Å²) in [7, 11) is 0. The third kappa shape index (κ3) is 5.15. The van der Waals surface area contributed by atoms with Crippen LogP contribution < -0.4 is 0 Å². The molecule has 0 bridgehead atoms. The average molecular weight is 386 g/mol. The Morgan fingerprint density at radius 1 is 1.19 bits per heavy atom. The van der Waals surface area contributed by atoms with Crippen LogP contribution in [-0.4, -0.2) is 66.1 Å². The summed E-state index contributed by atoms with van der Waals surface area (Å²) < 4.78 is 5.72. The Balaban J connectivity index is 1.24. The largest absolute Gasteiger partial charge is 0.377 e. The molecule has 0 radical (unpaired) electrons. The lowest BCUT2D eigenvalue weighted by Crippen LogP contribution is -2.50. The van der Waals surface area contributed by atoms with Gasteiger partial charge in [0.25, 0.3) is 0 Å². The van der Waals surface area contributed by atoms with Crippen LogP contribution >= 0.6 is 11.3 Å². The first-order chi connectivity index (χ1) is 13.3. The summed E-state index contributed by atoms with van der Waals surface area (Å²) in [4.78, 5) is 21.7. The monoisotopic (exact) mass is 385 g/mol. The zero-order chi connectivity index (χ0) is 18.5. The Bertz CT molecular complexity index is 735. The van der Waals surface area contributed by atoms with Crippen LogP contribution in [-0.2, 0) is 22.4 Å². The number of carbonyl (C=O) groups is 1. The van der Waals surface area contributed by atoms with Crippen molar-refractivity contribution in [2.75, 3.05) is 39.3 Å². The number of ether oxygens (including phenoxy) is 1. The van der Waals surface area contributed by atoms with Gasteiger partial charge in [0.1, 0.15) is 0 Å². The second-order valence-corrected chi connectivity index (χ2v) is 8.33. The van der Waals surface area contributed by atoms with E-state index in [-0.39, 0.29) is 5.91 Å². The molecular weight excluding hydrogens is 358 g/mol. The van der Waals surface area contributed by atoms with E-state index in [1.54, 1.807) is 11.3 Å². The number of benzene rings is 1. The lowest BCUT2D eigenvalue weighted by molar-refractivity contribution is -0.132. The molecule has 0 N–H and O–H groups in total. The van der Waals surface area contributed by atoms with Crippen molar-refractivity contribution in [1.82, 2.24) is 14.8 Å². The predicted octanol–water partition coefficient (Wildman–Crippen LogP) is 2.60. The highest BCUT2D eigenvalue weighted by Gasteiger charge is 2.25. The maximum absolute atomic E-state index is 12.6. The number of piperazine rings is 1. The van der Waals surface area contributed by atoms with Crippen molar-refractivity contribution < 1.29 is 9.53 Å². The summed E-state index contributed by atoms with van der Waals surface area (Å²) in [6.07, 6.45) is 4.00. The van der Waals surface area contributed by atoms with E-state index in [4.69, 9.17) is 4.74 Å². The highest BCUT2D eigenvalue weighted by atomic mass is 32.1. The molecule has 0 spiro atoms. The lowest BCUT2D eigenvalue weighted by atomic mass is 10.2. The van der Waals surface area contributed by atoms with Gasteiger partial charge >= 0.3 is 0 Å². The molecule has 3 heterocycles. The van der Waals surface area contributed by atoms with Gasteiger partial charge in [-0.2, -0.15) is 0 Å². The summed E-state index contributed by atoms with van der Waals surface area (Å²) in [5, 5.41) is 3.11. The van der Waals surface area contributed by atoms with E-state index in [1.807, 2.05) is 28.5 Å². The number of nitrogens with zero attached hydrogens (tertiary/aromatic N) is 3. The number of amides is 1. The number of rotatable bonds is 6. The molecule has 144 valence electrons. The Labute approximate surface area is 165 Å². The van der Waals surface area contributed by atoms with Gasteiger partial charge in [0.2, 0.25) is 5.91 Å². The second kappa shape index (κ2) is 8.95. The van der Waals surface area contributed by atoms with Gasteiger partial charge in [-0.25, -0.2) is 4.98 Å². The molecule has 5 nitrogen and oxygen atoms in total. The van der Waals surface area contributed by atoms with Crippen molar-refractivity contribution in [3.05, 3.63) is 52.0 Å². The summed E-state index contributed by atoms with van der Waals surface area (Å²) in [5.74, 6) is 0.198. The van der Waals surface area contributed by atoms with Gasteiger partial charge in [-0.05, 0) is 18.4 Å². The first kappa shape index (κ1) is 18.6. The van der Waals surface area contributed by atoms with Crippen LogP contribution in [0.25, 0.3) is 0 Å². The fourth-order valence-electron chi connectivity index (χ4n) is 3.80. The van der Waals surface area contributed by atoms with Crippen LogP contribution in [0.2, 0.25) is 0 Å². The predicted molar refractivity (Wildman–Crippen MR) is 107 cm³/mol. The number of carbonyl (C=O) groups excluding carboxylic acids is 1. The summed E-state index contributed by atoms with van der Waals surface area (Å²) in [6, 6.07) is 10.3. The van der Waals surface area contributed by atoms with E-state index in [2.05, 4.69) is 22.0 Å². The number of thiazole rings is 1. The Morgan fingerprint density at radius 3 is 2.74 bits per heavy atom. The van der Waals surface area contributed by atoms with E-state index < -0.39 is 0 Å². The molecule has 1 atom stereocenters. The van der Waals surface area contributed by atoms with Crippen molar-refractivity contribution in [3.63, 3.8) is 0 Å². The third-order valence-electron chi connectivity index (χ3n) is 5.34. The van der Waals surface area contributed by atoms with E-state index in [9.17, 15) is 4.79 Å². The van der Waals surface area contributed by atoms with Crippen LogP contribution in [0.5, 0.6) is 0 Å². The smallest absolute Gasteiger partial charge is 0.228 e. The Morgan fingerprint density at radius 2 is 2.00 bits per heavy atom. The molecule has 1 unspecified atom stereocenters. The first-order valence-corrected chi connectivity index (χ1v) is 10.7. The minimum Gasteiger partial charge on any atom is -0.377 e. The minimum absolute atomic E-state index is 0.198. The molecule has 0 aliphatic carbocycles. The van der Waals surface area contributed by atoms with E-state index >= 15 is 0 Å². The van der Waals surface area contributed by atoms with Crippen LogP contribution in [0, 0.1) is 0 Å². The van der Waals surface area contributed by atoms with Crippen molar-refractivity contribution in [1.29, 1.82) is 0 Å². The molecule has 0 saturated carbocycles. The van der Waals surface area contributed by atoms with Gasteiger partial charge in [-0.15, -0.1) is 11.3 Å². The molecule has 2 aliphatic rings. The van der Waals surface area contributed by atoms with E-state index in [1.165, 1.54) is 18.4 Å². The Kier molecular flexibility index (Phi) is 6.17. The zero-order valence-electron chi connectivity index (χ0n) is 15.7. The maximum Gasteiger partial charge on any atom is 0.228 e. The Hall–Kier alpha value is -1.76. The van der Waals surface area contributed by atoms with Gasteiger partial charge in [-0.3, -0.25) is 9.69 Å². The zero-order valence-corrected chi connectivity index (χ0v) is 16.5. The van der Waals surface area contributed by atoms with Crippen molar-refractivity contribution in [2.24, 2.45) is 0 Å². The number of hydrogen-bond acceptors (Lipinski definition) is 5. The molecule has 2 saturated heterocycles. The second-order valence-electron chi connectivity index (χ2n) is 7.39. The number of hydrogen-bond donors (Lipinski definition) is 0. The third-order valence-corrected chi connectivity index (χ3v) is 6.24. The molecule has 4 rings (SSSR count). The maximum atomic E-state index is 12.6. The fraction of sp³-hybridized carbons (Fsp3) is 0.524. The average Bonchev–Trinajstić information content (AvgIpc) is 3.35. The summed E-state index contributed by atoms with van der Waals surface area (Å²) >= 11 is 1.65. The quantitative estimate of drug-likeness (QED) is 0.767. The molecule has 1 amide bonds. The van der Waals surface area contributed by atoms with Crippen molar-refractivity contribution in [3.8, 4) is 0 Å². The summed E-state index contributed by atoms with van der Waals surface area (Å²) in [5.41, 5.74) is 2.16. The van der Waals surface area contributed by atoms with Crippen LogP contribution in [0.4, 0.5) is 0 Å². The SMILES string of the molecule is O=C(Cc1csc(Cc2ccccc2)n1)N1CCN(CC2CCCO2)CC1. The normalized spacial score (nSPS) is 20.9. The lowest BCUT2D eigenvalue weighted by Gasteiger charge is -2.35. The van der Waals surface area contributed by atoms with E-state index in [0.29, 0.717) is 12.5 Å². The van der Waals surface area contributed by atoms with Gasteiger partial charge in [-0.1, -0.05) is 30.3 Å². The van der Waals surface area contributed by atoms with Gasteiger partial charge in [0.05, 0.1) is 23.2 Å². The molecule has 2 fully saturated rings. The molecule has 2 aliphatic heterocycles. The van der Waals surface area contributed by atoms with Crippen molar-refractivity contribution >= 4 is 17.2 Å². The molecule has 6 heteroatoms. The number of aromatic nitrogens is 1. The van der Waals surface area contributed by atoms with Crippen LogP contribution in [0.15, 0.2) is 35.7 Å². The van der Waals surface area contributed by atoms with Crippen LogP contribution in [0.3, 0.4) is 0 Å². The summed E-state index contributed by atoms with van der Waals surface area (Å²) in [6.45, 7) is 5.43. The fourth-order valence-corrected chi connectivity index (χ4v) is 4.63. The molecule has 2 aromatic rings. The standard InChI is InChI=1S/C21H27N3O2S/c25-21(24-10-8-23(9-11-24)15-19-7-4-12-26-19)14-18-16-27-20(22-18)13-17-5-2-1-3-6-17/h1-3,5-6,16,19H,4,7-15H2. The molecule has 1 aromatic heterocycles. The highest BCUT2D eigenvalue weighted by molar-refractivity contribution is 7.09. The van der Waals surface area contributed by atoms with E-state index in [0.717, 1.165) is 56.5 Å². The molecule has 1 aromatic carbocycles. The van der Waals surface area contributed by atoms with Gasteiger partial charge in [0.15, 0.2) is 0 Å².